The number of Topliss-reactive ketones (excluding diaryl/α,β-unsaturated/α-hetero) is 1. The number of ketones is 1. The number of carbonyl (C=O) groups excluding carboxylic acids is 2. The molecule has 188 valence electrons. The van der Waals surface area contributed by atoms with Gasteiger partial charge in [-0.2, -0.15) is 0 Å². The van der Waals surface area contributed by atoms with Crippen LogP contribution in [0.4, 0.5) is 0 Å². The molecule has 1 heterocycles. The van der Waals surface area contributed by atoms with Gasteiger partial charge in [0, 0.05) is 11.6 Å². The van der Waals surface area contributed by atoms with Crippen LogP contribution in [0.5, 0.6) is 11.5 Å². The first kappa shape index (κ1) is 26.6. The maximum Gasteiger partial charge on any atom is 0.295 e. The van der Waals surface area contributed by atoms with Gasteiger partial charge in [0.25, 0.3) is 11.7 Å². The zero-order valence-electron chi connectivity index (χ0n) is 20.9. The van der Waals surface area contributed by atoms with E-state index in [1.165, 1.54) is 18.1 Å². The third-order valence-corrected chi connectivity index (χ3v) is 5.95. The number of carbonyl (C=O) groups is 2. The molecule has 0 saturated carbocycles. The summed E-state index contributed by atoms with van der Waals surface area (Å²) in [5, 5.41) is 11.7. The van der Waals surface area contributed by atoms with Crippen molar-refractivity contribution in [3.63, 3.8) is 0 Å². The minimum Gasteiger partial charge on any atom is -0.507 e. The van der Waals surface area contributed by atoms with Gasteiger partial charge in [0.1, 0.15) is 17.3 Å². The number of halogens is 1. The van der Waals surface area contributed by atoms with E-state index in [0.29, 0.717) is 47.6 Å². The molecular weight excluding hydrogens is 468 g/mol. The molecule has 1 atom stereocenters. The van der Waals surface area contributed by atoms with Gasteiger partial charge in [-0.1, -0.05) is 37.6 Å². The molecule has 0 aliphatic carbocycles. The molecule has 1 unspecified atom stereocenters. The molecule has 7 nitrogen and oxygen atoms in total. The van der Waals surface area contributed by atoms with E-state index in [0.717, 1.165) is 6.54 Å². The largest absolute Gasteiger partial charge is 0.507 e. The number of hydrogen-bond acceptors (Lipinski definition) is 6. The molecule has 0 aromatic heterocycles. The van der Waals surface area contributed by atoms with Crippen molar-refractivity contribution in [3.05, 3.63) is 64.2 Å². The second-order valence-electron chi connectivity index (χ2n) is 9.27. The van der Waals surface area contributed by atoms with E-state index < -0.39 is 17.7 Å². The minimum absolute atomic E-state index is 0.00132. The Morgan fingerprint density at radius 3 is 2.57 bits per heavy atom. The number of hydrogen-bond donors (Lipinski definition) is 1. The lowest BCUT2D eigenvalue weighted by Gasteiger charge is -2.26. The maximum atomic E-state index is 13.3. The van der Waals surface area contributed by atoms with Crippen molar-refractivity contribution >= 4 is 29.1 Å². The molecule has 8 heteroatoms. The van der Waals surface area contributed by atoms with Crippen molar-refractivity contribution in [1.29, 1.82) is 0 Å². The number of aliphatic hydroxyl groups is 1. The second-order valence-corrected chi connectivity index (χ2v) is 9.71. The molecule has 1 aliphatic rings. The maximum absolute atomic E-state index is 13.3. The summed E-state index contributed by atoms with van der Waals surface area (Å²) in [7, 11) is 5.37. The van der Waals surface area contributed by atoms with Crippen molar-refractivity contribution in [2.24, 2.45) is 5.92 Å². The van der Waals surface area contributed by atoms with Crippen molar-refractivity contribution in [3.8, 4) is 11.5 Å². The molecule has 0 radical (unpaired) electrons. The molecule has 0 bridgehead atoms. The number of ether oxygens (including phenoxy) is 2. The van der Waals surface area contributed by atoms with Crippen LogP contribution in [-0.4, -0.2) is 67.5 Å². The topological polar surface area (TPSA) is 79.3 Å². The lowest BCUT2D eigenvalue weighted by atomic mass is 9.94. The summed E-state index contributed by atoms with van der Waals surface area (Å²) in [6, 6.07) is 11.3. The second kappa shape index (κ2) is 11.6. The van der Waals surface area contributed by atoms with Crippen LogP contribution < -0.4 is 9.47 Å². The summed E-state index contributed by atoms with van der Waals surface area (Å²) >= 11 is 6.18. The van der Waals surface area contributed by atoms with Crippen LogP contribution in [0.1, 0.15) is 37.4 Å². The molecule has 1 N–H and O–H groups in total. The van der Waals surface area contributed by atoms with E-state index in [-0.39, 0.29) is 16.9 Å². The van der Waals surface area contributed by atoms with Crippen LogP contribution >= 0.6 is 11.6 Å². The smallest absolute Gasteiger partial charge is 0.295 e. The van der Waals surface area contributed by atoms with Gasteiger partial charge in [0.2, 0.25) is 0 Å². The Hall–Kier alpha value is -3.03. The SMILES string of the molecule is COc1ccc(Cl)cc1/C(O)=C1\C(=O)C(=O)N(CCCN(C)C)C1c1cccc(OCC(C)C)c1. The van der Waals surface area contributed by atoms with E-state index in [9.17, 15) is 14.7 Å². The van der Waals surface area contributed by atoms with Crippen LogP contribution in [0.2, 0.25) is 5.02 Å². The normalized spacial score (nSPS) is 17.5. The zero-order chi connectivity index (χ0) is 25.7. The molecule has 2 aromatic rings. The number of rotatable bonds is 10. The highest BCUT2D eigenvalue weighted by molar-refractivity contribution is 6.46. The highest BCUT2D eigenvalue weighted by Gasteiger charge is 2.46. The van der Waals surface area contributed by atoms with Gasteiger partial charge in [-0.3, -0.25) is 9.59 Å². The Bertz CT molecular complexity index is 1110. The number of nitrogens with zero attached hydrogens (tertiary/aromatic N) is 2. The van der Waals surface area contributed by atoms with Crippen molar-refractivity contribution in [2.45, 2.75) is 26.3 Å². The van der Waals surface area contributed by atoms with Crippen molar-refractivity contribution in [2.75, 3.05) is 40.9 Å². The Kier molecular flexibility index (Phi) is 8.81. The average Bonchev–Trinajstić information content (AvgIpc) is 3.07. The van der Waals surface area contributed by atoms with Crippen molar-refractivity contribution < 1.29 is 24.2 Å². The van der Waals surface area contributed by atoms with Crippen LogP contribution in [0.3, 0.4) is 0 Å². The van der Waals surface area contributed by atoms with Gasteiger partial charge < -0.3 is 24.4 Å². The monoisotopic (exact) mass is 500 g/mol. The van der Waals surface area contributed by atoms with Gasteiger partial charge in [0.15, 0.2) is 0 Å². The number of aliphatic hydroxyl groups excluding tert-OH is 1. The number of amides is 1. The first-order valence-electron chi connectivity index (χ1n) is 11.6. The lowest BCUT2D eigenvalue weighted by molar-refractivity contribution is -0.139. The Balaban J connectivity index is 2.14. The summed E-state index contributed by atoms with van der Waals surface area (Å²) in [4.78, 5) is 30.0. The molecule has 1 fully saturated rings. The molecule has 1 amide bonds. The first-order chi connectivity index (χ1) is 16.6. The number of benzene rings is 2. The molecule has 3 rings (SSSR count). The average molecular weight is 501 g/mol. The van der Waals surface area contributed by atoms with E-state index >= 15 is 0 Å². The summed E-state index contributed by atoms with van der Waals surface area (Å²) < 4.78 is 11.3. The summed E-state index contributed by atoms with van der Waals surface area (Å²) in [5.74, 6) is -0.395. The van der Waals surface area contributed by atoms with E-state index in [4.69, 9.17) is 21.1 Å². The van der Waals surface area contributed by atoms with E-state index in [2.05, 4.69) is 13.8 Å². The van der Waals surface area contributed by atoms with Crippen LogP contribution in [0.25, 0.3) is 5.76 Å². The lowest BCUT2D eigenvalue weighted by Crippen LogP contribution is -2.32. The molecule has 1 saturated heterocycles. The van der Waals surface area contributed by atoms with Gasteiger partial charge in [-0.25, -0.2) is 0 Å². The first-order valence-corrected chi connectivity index (χ1v) is 12.0. The Morgan fingerprint density at radius 1 is 1.17 bits per heavy atom. The van der Waals surface area contributed by atoms with E-state index in [1.54, 1.807) is 12.1 Å². The van der Waals surface area contributed by atoms with Crippen LogP contribution in [0.15, 0.2) is 48.0 Å². The highest BCUT2D eigenvalue weighted by atomic mass is 35.5. The van der Waals surface area contributed by atoms with E-state index in [1.807, 2.05) is 43.3 Å². The fraction of sp³-hybridized carbons (Fsp3) is 0.407. The fourth-order valence-electron chi connectivity index (χ4n) is 4.06. The van der Waals surface area contributed by atoms with Gasteiger partial charge >= 0.3 is 0 Å². The third-order valence-electron chi connectivity index (χ3n) is 5.72. The standard InChI is InChI=1S/C27H33ClN2O5/c1-17(2)16-35-20-9-6-8-18(14-20)24-23(25(31)21-15-19(28)10-11-22(21)34-5)26(32)27(33)30(24)13-7-12-29(3)4/h6,8-11,14-15,17,24,31H,7,12-13,16H2,1-5H3/b25-23+. The van der Waals surface area contributed by atoms with Crippen LogP contribution in [-0.2, 0) is 9.59 Å². The third kappa shape index (κ3) is 6.16. The molecular formula is C27H33ClN2O5. The molecule has 0 spiro atoms. The zero-order valence-corrected chi connectivity index (χ0v) is 21.6. The van der Waals surface area contributed by atoms with Gasteiger partial charge in [0.05, 0.1) is 30.9 Å². The van der Waals surface area contributed by atoms with Gasteiger partial charge in [-0.15, -0.1) is 0 Å². The highest BCUT2D eigenvalue weighted by Crippen LogP contribution is 2.42. The summed E-state index contributed by atoms with van der Waals surface area (Å²) in [6.07, 6.45) is 0.667. The number of methoxy groups -OCH3 is 1. The Morgan fingerprint density at radius 2 is 1.91 bits per heavy atom. The minimum atomic E-state index is -0.775. The quantitative estimate of drug-likeness (QED) is 0.288. The predicted octanol–water partition coefficient (Wildman–Crippen LogP) is 4.76. The summed E-state index contributed by atoms with van der Waals surface area (Å²) in [5.41, 5.74) is 0.933. The molecule has 2 aromatic carbocycles. The number of likely N-dealkylation sites (tertiary alicyclic amines) is 1. The van der Waals surface area contributed by atoms with Crippen molar-refractivity contribution in [1.82, 2.24) is 9.80 Å². The molecule has 35 heavy (non-hydrogen) atoms. The summed E-state index contributed by atoms with van der Waals surface area (Å²) in [6.45, 7) is 5.75. The fourth-order valence-corrected chi connectivity index (χ4v) is 4.23. The Labute approximate surface area is 211 Å². The van der Waals surface area contributed by atoms with Crippen LogP contribution in [0, 0.1) is 5.92 Å². The predicted molar refractivity (Wildman–Crippen MR) is 137 cm³/mol. The van der Waals surface area contributed by atoms with Gasteiger partial charge in [-0.05, 0) is 68.9 Å². The molecule has 1 aliphatic heterocycles.